The molecular formula is C10H15N3O. The van der Waals surface area contributed by atoms with Crippen molar-refractivity contribution in [2.75, 3.05) is 0 Å². The zero-order valence-corrected chi connectivity index (χ0v) is 8.98. The number of fused-ring (bicyclic) bond motifs is 1. The van der Waals surface area contributed by atoms with Gasteiger partial charge in [-0.1, -0.05) is 13.8 Å². The highest BCUT2D eigenvalue weighted by molar-refractivity contribution is 5.74. The van der Waals surface area contributed by atoms with Crippen LogP contribution in [0.2, 0.25) is 0 Å². The molecule has 0 fully saturated rings. The molecule has 4 heteroatoms. The molecule has 0 aliphatic carbocycles. The maximum atomic E-state index is 11.5. The van der Waals surface area contributed by atoms with Crippen LogP contribution in [0.3, 0.4) is 0 Å². The van der Waals surface area contributed by atoms with Gasteiger partial charge in [-0.2, -0.15) is 0 Å². The summed E-state index contributed by atoms with van der Waals surface area (Å²) in [4.78, 5) is 15.6. The summed E-state index contributed by atoms with van der Waals surface area (Å²) in [6, 6.07) is 1.78. The largest absolute Gasteiger partial charge is 0.335 e. The topological polar surface area (TPSA) is 39.8 Å². The van der Waals surface area contributed by atoms with Crippen molar-refractivity contribution in [1.82, 2.24) is 14.1 Å². The van der Waals surface area contributed by atoms with Crippen LogP contribution in [0.4, 0.5) is 0 Å². The molecule has 0 atom stereocenters. The third kappa shape index (κ3) is 1.55. The van der Waals surface area contributed by atoms with Gasteiger partial charge >= 0.3 is 0 Å². The van der Waals surface area contributed by atoms with E-state index >= 15 is 0 Å². The first kappa shape index (κ1) is 10.5. The summed E-state index contributed by atoms with van der Waals surface area (Å²) >= 11 is 0. The molecule has 0 bridgehead atoms. The Balaban J connectivity index is 0.000000461. The van der Waals surface area contributed by atoms with E-state index < -0.39 is 0 Å². The lowest BCUT2D eigenvalue weighted by Gasteiger charge is -1.96. The molecular weight excluding hydrogens is 178 g/mol. The average Bonchev–Trinajstić information content (AvgIpc) is 2.58. The molecule has 0 aromatic carbocycles. The minimum absolute atomic E-state index is 0.000556. The van der Waals surface area contributed by atoms with Crippen molar-refractivity contribution in [2.45, 2.75) is 13.8 Å². The van der Waals surface area contributed by atoms with E-state index in [1.807, 2.05) is 31.7 Å². The summed E-state index contributed by atoms with van der Waals surface area (Å²) in [5.41, 5.74) is 0.735. The molecule has 0 unspecified atom stereocenters. The van der Waals surface area contributed by atoms with E-state index in [1.165, 1.54) is 10.9 Å². The van der Waals surface area contributed by atoms with E-state index in [-0.39, 0.29) is 5.56 Å². The molecule has 2 aromatic rings. The van der Waals surface area contributed by atoms with Crippen molar-refractivity contribution in [3.8, 4) is 0 Å². The van der Waals surface area contributed by atoms with Crippen LogP contribution in [-0.4, -0.2) is 14.1 Å². The summed E-state index contributed by atoms with van der Waals surface area (Å²) in [6.07, 6.45) is 3.36. The van der Waals surface area contributed by atoms with E-state index in [9.17, 15) is 4.79 Å². The van der Waals surface area contributed by atoms with Crippen LogP contribution in [0.5, 0.6) is 0 Å². The summed E-state index contributed by atoms with van der Waals surface area (Å²) in [6.45, 7) is 4.00. The third-order valence-electron chi connectivity index (χ3n) is 1.94. The Morgan fingerprint density at radius 3 is 2.50 bits per heavy atom. The van der Waals surface area contributed by atoms with Crippen molar-refractivity contribution in [2.24, 2.45) is 14.1 Å². The van der Waals surface area contributed by atoms with Gasteiger partial charge in [0.15, 0.2) is 0 Å². The zero-order chi connectivity index (χ0) is 10.7. The third-order valence-corrected chi connectivity index (χ3v) is 1.94. The first-order valence-electron chi connectivity index (χ1n) is 4.67. The number of nitrogens with zero attached hydrogens (tertiary/aromatic N) is 3. The van der Waals surface area contributed by atoms with Crippen LogP contribution >= 0.6 is 0 Å². The second-order valence-corrected chi connectivity index (χ2v) is 2.82. The Morgan fingerprint density at radius 1 is 1.21 bits per heavy atom. The van der Waals surface area contributed by atoms with Gasteiger partial charge in [-0.25, -0.2) is 4.98 Å². The minimum atomic E-state index is 0.000556. The Labute approximate surface area is 82.8 Å². The van der Waals surface area contributed by atoms with Gasteiger partial charge in [0, 0.05) is 20.3 Å². The van der Waals surface area contributed by atoms with Gasteiger partial charge in [0.05, 0.1) is 11.7 Å². The van der Waals surface area contributed by atoms with E-state index in [0.717, 1.165) is 5.65 Å². The highest BCUT2D eigenvalue weighted by Gasteiger charge is 2.03. The van der Waals surface area contributed by atoms with Crippen molar-refractivity contribution < 1.29 is 0 Å². The Hall–Kier alpha value is -1.58. The number of aromatic nitrogens is 3. The quantitative estimate of drug-likeness (QED) is 0.632. The Kier molecular flexibility index (Phi) is 3.06. The monoisotopic (exact) mass is 193 g/mol. The van der Waals surface area contributed by atoms with Crippen LogP contribution < -0.4 is 5.56 Å². The van der Waals surface area contributed by atoms with Gasteiger partial charge in [-0.05, 0) is 6.07 Å². The fourth-order valence-electron chi connectivity index (χ4n) is 1.23. The van der Waals surface area contributed by atoms with Crippen LogP contribution in [0.25, 0.3) is 11.0 Å². The average molecular weight is 193 g/mol. The second-order valence-electron chi connectivity index (χ2n) is 2.82. The summed E-state index contributed by atoms with van der Waals surface area (Å²) in [5, 5.41) is 0.669. The molecule has 14 heavy (non-hydrogen) atoms. The molecule has 0 saturated carbocycles. The van der Waals surface area contributed by atoms with Crippen molar-refractivity contribution >= 4 is 11.0 Å². The molecule has 76 valence electrons. The Morgan fingerprint density at radius 2 is 1.86 bits per heavy atom. The summed E-state index contributed by atoms with van der Waals surface area (Å²) in [5.74, 6) is 0. The molecule has 0 aliphatic heterocycles. The zero-order valence-electron chi connectivity index (χ0n) is 8.98. The van der Waals surface area contributed by atoms with E-state index in [1.54, 1.807) is 13.1 Å². The van der Waals surface area contributed by atoms with Crippen LogP contribution in [0, 0.1) is 0 Å². The highest BCUT2D eigenvalue weighted by Crippen LogP contribution is 2.04. The number of rotatable bonds is 0. The smallest absolute Gasteiger partial charge is 0.262 e. The second kappa shape index (κ2) is 4.09. The Bertz CT molecular complexity index is 482. The fraction of sp³-hybridized carbons (Fsp3) is 0.400. The molecule has 4 nitrogen and oxygen atoms in total. The molecule has 0 saturated heterocycles. The number of aryl methyl sites for hydroxylation is 2. The first-order chi connectivity index (χ1) is 6.70. The van der Waals surface area contributed by atoms with Gasteiger partial charge in [0.2, 0.25) is 0 Å². The highest BCUT2D eigenvalue weighted by atomic mass is 16.1. The lowest BCUT2D eigenvalue weighted by atomic mass is 10.4. The molecule has 0 spiro atoms. The number of hydrogen-bond donors (Lipinski definition) is 0. The van der Waals surface area contributed by atoms with Gasteiger partial charge in [-0.15, -0.1) is 0 Å². The van der Waals surface area contributed by atoms with E-state index in [0.29, 0.717) is 5.39 Å². The van der Waals surface area contributed by atoms with Crippen LogP contribution in [-0.2, 0) is 14.1 Å². The standard InChI is InChI=1S/C8H9N3O.C2H6/c1-10-4-3-6-7(10)9-5-11(2)8(6)12;1-2/h3-5H,1-2H3;1-2H3. The van der Waals surface area contributed by atoms with E-state index in [2.05, 4.69) is 4.98 Å². The summed E-state index contributed by atoms with van der Waals surface area (Å²) < 4.78 is 3.30. The lowest BCUT2D eigenvalue weighted by Crippen LogP contribution is -2.16. The lowest BCUT2D eigenvalue weighted by molar-refractivity contribution is 0.832. The van der Waals surface area contributed by atoms with E-state index in [4.69, 9.17) is 0 Å². The molecule has 0 N–H and O–H groups in total. The minimum Gasteiger partial charge on any atom is -0.335 e. The maximum absolute atomic E-state index is 11.5. The van der Waals surface area contributed by atoms with Gasteiger partial charge < -0.3 is 9.13 Å². The fourth-order valence-corrected chi connectivity index (χ4v) is 1.23. The predicted octanol–water partition coefficient (Wildman–Crippen LogP) is 1.30. The van der Waals surface area contributed by atoms with Gasteiger partial charge in [0.25, 0.3) is 5.56 Å². The molecule has 0 radical (unpaired) electrons. The van der Waals surface area contributed by atoms with Crippen LogP contribution in [0.1, 0.15) is 13.8 Å². The van der Waals surface area contributed by atoms with Crippen molar-refractivity contribution in [1.29, 1.82) is 0 Å². The molecule has 2 rings (SSSR count). The molecule has 0 amide bonds. The normalized spacial score (nSPS) is 9.71. The predicted molar refractivity (Wildman–Crippen MR) is 57.3 cm³/mol. The maximum Gasteiger partial charge on any atom is 0.262 e. The van der Waals surface area contributed by atoms with Crippen molar-refractivity contribution in [3.63, 3.8) is 0 Å². The van der Waals surface area contributed by atoms with Crippen LogP contribution in [0.15, 0.2) is 23.4 Å². The summed E-state index contributed by atoms with van der Waals surface area (Å²) in [7, 11) is 3.57. The number of hydrogen-bond acceptors (Lipinski definition) is 2. The first-order valence-corrected chi connectivity index (χ1v) is 4.67. The van der Waals surface area contributed by atoms with Gasteiger partial charge in [0.1, 0.15) is 5.65 Å². The van der Waals surface area contributed by atoms with Gasteiger partial charge in [-0.3, -0.25) is 4.79 Å². The molecule has 2 heterocycles. The van der Waals surface area contributed by atoms with Crippen molar-refractivity contribution in [3.05, 3.63) is 28.9 Å². The molecule has 0 aliphatic rings. The SMILES string of the molecule is CC.Cn1cnc2c(ccn2C)c1=O. The molecule has 2 aromatic heterocycles.